The van der Waals surface area contributed by atoms with Crippen LogP contribution < -0.4 is 5.32 Å². The van der Waals surface area contributed by atoms with E-state index in [0.717, 1.165) is 12.8 Å². The van der Waals surface area contributed by atoms with Gasteiger partial charge in [0.2, 0.25) is 5.91 Å². The Labute approximate surface area is 154 Å². The summed E-state index contributed by atoms with van der Waals surface area (Å²) in [4.78, 5) is 27.2. The summed E-state index contributed by atoms with van der Waals surface area (Å²) in [5.41, 5.74) is 0.494. The molecule has 2 atom stereocenters. The van der Waals surface area contributed by atoms with Gasteiger partial charge in [-0.05, 0) is 49.9 Å². The van der Waals surface area contributed by atoms with Crippen molar-refractivity contribution in [1.29, 1.82) is 0 Å². The van der Waals surface area contributed by atoms with E-state index in [4.69, 9.17) is 16.3 Å². The third-order valence-corrected chi connectivity index (χ3v) is 4.67. The Balaban J connectivity index is 2.05. The minimum atomic E-state index is -0.552. The molecule has 1 N–H and O–H groups in total. The number of carbonyl (C=O) groups is 2. The first kappa shape index (κ1) is 19.7. The van der Waals surface area contributed by atoms with Crippen molar-refractivity contribution >= 4 is 23.4 Å². The van der Waals surface area contributed by atoms with Crippen LogP contribution >= 0.6 is 11.6 Å². The van der Waals surface area contributed by atoms with Gasteiger partial charge in [0.15, 0.2) is 0 Å². The van der Waals surface area contributed by atoms with Gasteiger partial charge < -0.3 is 15.0 Å². The molecule has 0 spiro atoms. The lowest BCUT2D eigenvalue weighted by Crippen LogP contribution is -2.54. The first-order valence-electron chi connectivity index (χ1n) is 8.89. The minimum Gasteiger partial charge on any atom is -0.377 e. The van der Waals surface area contributed by atoms with Crippen LogP contribution in [0.4, 0.5) is 0 Å². The first-order chi connectivity index (χ1) is 11.9. The molecule has 1 aliphatic heterocycles. The van der Waals surface area contributed by atoms with Crippen molar-refractivity contribution in [2.24, 2.45) is 5.92 Å². The van der Waals surface area contributed by atoms with Crippen LogP contribution in [0.25, 0.3) is 0 Å². The second-order valence-electron chi connectivity index (χ2n) is 6.71. The molecule has 0 bridgehead atoms. The smallest absolute Gasteiger partial charge is 0.251 e. The normalized spacial score (nSPS) is 18.9. The van der Waals surface area contributed by atoms with Gasteiger partial charge in [0.1, 0.15) is 6.04 Å². The average molecular weight is 367 g/mol. The Kier molecular flexibility index (Phi) is 7.26. The number of benzene rings is 1. The van der Waals surface area contributed by atoms with Gasteiger partial charge in [-0.1, -0.05) is 25.4 Å². The second kappa shape index (κ2) is 9.20. The van der Waals surface area contributed by atoms with E-state index in [9.17, 15) is 9.59 Å². The van der Waals surface area contributed by atoms with Crippen molar-refractivity contribution < 1.29 is 14.3 Å². The molecule has 1 saturated heterocycles. The van der Waals surface area contributed by atoms with E-state index in [2.05, 4.69) is 5.32 Å². The van der Waals surface area contributed by atoms with Crippen LogP contribution in [0, 0.1) is 5.92 Å². The van der Waals surface area contributed by atoms with E-state index in [0.29, 0.717) is 30.3 Å². The van der Waals surface area contributed by atoms with Gasteiger partial charge in [-0.25, -0.2) is 0 Å². The lowest BCUT2D eigenvalue weighted by molar-refractivity contribution is -0.138. The summed E-state index contributed by atoms with van der Waals surface area (Å²) < 4.78 is 5.67. The van der Waals surface area contributed by atoms with Crippen molar-refractivity contribution in [2.45, 2.75) is 45.8 Å². The van der Waals surface area contributed by atoms with Gasteiger partial charge in [-0.2, -0.15) is 0 Å². The minimum absolute atomic E-state index is 0.00350. The van der Waals surface area contributed by atoms with Gasteiger partial charge in [0.05, 0.1) is 6.10 Å². The van der Waals surface area contributed by atoms with Gasteiger partial charge in [0.25, 0.3) is 5.91 Å². The molecule has 1 heterocycles. The number of likely N-dealkylation sites (tertiary alicyclic amines) is 1. The standard InChI is InChI=1S/C19H27ClN2O3/c1-4-25-16-6-5-11-22(12-16)19(24)17(13(2)3)21-18(23)14-7-9-15(20)10-8-14/h7-10,13,16-17H,4-6,11-12H2,1-3H3,(H,21,23). The van der Waals surface area contributed by atoms with E-state index in [1.54, 1.807) is 24.3 Å². The van der Waals surface area contributed by atoms with Crippen LogP contribution in [0.3, 0.4) is 0 Å². The number of piperidine rings is 1. The van der Waals surface area contributed by atoms with E-state index in [1.807, 2.05) is 25.7 Å². The highest BCUT2D eigenvalue weighted by Crippen LogP contribution is 2.17. The highest BCUT2D eigenvalue weighted by atomic mass is 35.5. The zero-order valence-corrected chi connectivity index (χ0v) is 15.9. The molecule has 6 heteroatoms. The molecule has 0 radical (unpaired) electrons. The van der Waals surface area contributed by atoms with Crippen LogP contribution in [-0.2, 0) is 9.53 Å². The van der Waals surface area contributed by atoms with Gasteiger partial charge in [0, 0.05) is 30.3 Å². The summed E-state index contributed by atoms with van der Waals surface area (Å²) in [6.07, 6.45) is 1.98. The second-order valence-corrected chi connectivity index (χ2v) is 7.14. The van der Waals surface area contributed by atoms with Crippen molar-refractivity contribution in [3.8, 4) is 0 Å². The molecular weight excluding hydrogens is 340 g/mol. The number of nitrogens with one attached hydrogen (secondary N) is 1. The number of nitrogens with zero attached hydrogens (tertiary/aromatic N) is 1. The Morgan fingerprint density at radius 3 is 2.60 bits per heavy atom. The Morgan fingerprint density at radius 1 is 1.32 bits per heavy atom. The van der Waals surface area contributed by atoms with Crippen molar-refractivity contribution in [3.05, 3.63) is 34.9 Å². The van der Waals surface area contributed by atoms with Crippen LogP contribution in [0.15, 0.2) is 24.3 Å². The largest absolute Gasteiger partial charge is 0.377 e. The summed E-state index contributed by atoms with van der Waals surface area (Å²) in [6, 6.07) is 6.10. The van der Waals surface area contributed by atoms with E-state index >= 15 is 0 Å². The highest BCUT2D eigenvalue weighted by molar-refractivity contribution is 6.30. The predicted molar refractivity (Wildman–Crippen MR) is 98.8 cm³/mol. The molecule has 2 unspecified atom stereocenters. The topological polar surface area (TPSA) is 58.6 Å². The van der Waals surface area contributed by atoms with Gasteiger partial charge in [-0.3, -0.25) is 9.59 Å². The molecule has 5 nitrogen and oxygen atoms in total. The Bertz CT molecular complexity index is 587. The van der Waals surface area contributed by atoms with Crippen LogP contribution in [0.1, 0.15) is 44.0 Å². The summed E-state index contributed by atoms with van der Waals surface area (Å²) >= 11 is 5.86. The molecule has 2 amide bonds. The van der Waals surface area contributed by atoms with Gasteiger partial charge >= 0.3 is 0 Å². The molecule has 1 fully saturated rings. The molecule has 1 aliphatic rings. The summed E-state index contributed by atoms with van der Waals surface area (Å²) in [6.45, 7) is 7.79. The van der Waals surface area contributed by atoms with Gasteiger partial charge in [-0.15, -0.1) is 0 Å². The van der Waals surface area contributed by atoms with Crippen molar-refractivity contribution in [1.82, 2.24) is 10.2 Å². The maximum Gasteiger partial charge on any atom is 0.251 e. The van der Waals surface area contributed by atoms with Crippen molar-refractivity contribution in [2.75, 3.05) is 19.7 Å². The molecular formula is C19H27ClN2O3. The number of ether oxygens (including phenoxy) is 1. The Morgan fingerprint density at radius 2 is 2.00 bits per heavy atom. The number of halogens is 1. The number of hydrogen-bond donors (Lipinski definition) is 1. The highest BCUT2D eigenvalue weighted by Gasteiger charge is 2.32. The maximum absolute atomic E-state index is 12.9. The van der Waals surface area contributed by atoms with Crippen molar-refractivity contribution in [3.63, 3.8) is 0 Å². The van der Waals surface area contributed by atoms with Crippen LogP contribution in [-0.4, -0.2) is 48.6 Å². The SMILES string of the molecule is CCOC1CCCN(C(=O)C(NC(=O)c2ccc(Cl)cc2)C(C)C)C1. The molecule has 0 aliphatic carbocycles. The van der Waals surface area contributed by atoms with Crippen LogP contribution in [0.2, 0.25) is 5.02 Å². The summed E-state index contributed by atoms with van der Waals surface area (Å²) in [5, 5.41) is 3.45. The van der Waals surface area contributed by atoms with E-state index < -0.39 is 6.04 Å². The molecule has 1 aromatic carbocycles. The number of hydrogen-bond acceptors (Lipinski definition) is 3. The third-order valence-electron chi connectivity index (χ3n) is 4.42. The average Bonchev–Trinajstić information content (AvgIpc) is 2.60. The van der Waals surface area contributed by atoms with E-state index in [1.165, 1.54) is 0 Å². The molecule has 0 saturated carbocycles. The fraction of sp³-hybridized carbons (Fsp3) is 0.579. The maximum atomic E-state index is 12.9. The number of rotatable bonds is 6. The first-order valence-corrected chi connectivity index (χ1v) is 9.27. The monoisotopic (exact) mass is 366 g/mol. The number of carbonyl (C=O) groups excluding carboxylic acids is 2. The lowest BCUT2D eigenvalue weighted by atomic mass is 10.00. The summed E-state index contributed by atoms with van der Waals surface area (Å²) in [7, 11) is 0. The molecule has 0 aromatic heterocycles. The Hall–Kier alpha value is -1.59. The molecule has 25 heavy (non-hydrogen) atoms. The zero-order valence-electron chi connectivity index (χ0n) is 15.1. The van der Waals surface area contributed by atoms with Crippen LogP contribution in [0.5, 0.6) is 0 Å². The summed E-state index contributed by atoms with van der Waals surface area (Å²) in [5.74, 6) is -0.306. The fourth-order valence-corrected chi connectivity index (χ4v) is 3.17. The lowest BCUT2D eigenvalue weighted by Gasteiger charge is -2.35. The fourth-order valence-electron chi connectivity index (χ4n) is 3.05. The quantitative estimate of drug-likeness (QED) is 0.841. The molecule has 2 rings (SSSR count). The van der Waals surface area contributed by atoms with E-state index in [-0.39, 0.29) is 23.8 Å². The number of amides is 2. The molecule has 1 aromatic rings. The molecule has 138 valence electrons. The zero-order chi connectivity index (χ0) is 18.4. The third kappa shape index (κ3) is 5.44. The predicted octanol–water partition coefficient (Wildman–Crippen LogP) is 3.12.